The molecule has 1 heterocycles. The molecule has 106 valence electrons. The lowest BCUT2D eigenvalue weighted by molar-refractivity contribution is -0.125. The maximum Gasteiger partial charge on any atom is 0.223 e. The van der Waals surface area contributed by atoms with E-state index in [1.54, 1.807) is 6.33 Å². The van der Waals surface area contributed by atoms with Crippen LogP contribution in [0.1, 0.15) is 38.1 Å². The highest BCUT2D eigenvalue weighted by molar-refractivity contribution is 5.79. The van der Waals surface area contributed by atoms with Crippen LogP contribution < -0.4 is 5.32 Å². The van der Waals surface area contributed by atoms with Crippen LogP contribution in [0.15, 0.2) is 6.33 Å². The second-order valence-electron chi connectivity index (χ2n) is 5.33. The van der Waals surface area contributed by atoms with E-state index >= 15 is 0 Å². The molecule has 0 saturated heterocycles. The van der Waals surface area contributed by atoms with Crippen molar-refractivity contribution >= 4 is 5.91 Å². The van der Waals surface area contributed by atoms with Crippen molar-refractivity contribution in [2.45, 2.75) is 45.6 Å². The summed E-state index contributed by atoms with van der Waals surface area (Å²) < 4.78 is 5.44. The Morgan fingerprint density at radius 2 is 2.47 bits per heavy atom. The van der Waals surface area contributed by atoms with Crippen molar-refractivity contribution in [3.63, 3.8) is 0 Å². The van der Waals surface area contributed by atoms with Crippen molar-refractivity contribution < 1.29 is 9.53 Å². The summed E-state index contributed by atoms with van der Waals surface area (Å²) in [6.45, 7) is 5.43. The van der Waals surface area contributed by atoms with Gasteiger partial charge in [-0.3, -0.25) is 4.79 Å². The number of ether oxygens (including phenoxy) is 1. The Labute approximate surface area is 114 Å². The fourth-order valence-electron chi connectivity index (χ4n) is 2.37. The monoisotopic (exact) mass is 265 g/mol. The molecule has 5 heteroatoms. The second kappa shape index (κ2) is 6.70. The van der Waals surface area contributed by atoms with Crippen molar-refractivity contribution in [2.24, 2.45) is 5.92 Å². The predicted octanol–water partition coefficient (Wildman–Crippen LogP) is 1.45. The molecule has 2 N–H and O–H groups in total. The number of carbonyl (C=O) groups excluding carboxylic acids is 1. The first kappa shape index (κ1) is 14.1. The van der Waals surface area contributed by atoms with Crippen LogP contribution in [-0.4, -0.2) is 35.1 Å². The first-order valence-electron chi connectivity index (χ1n) is 7.07. The lowest BCUT2D eigenvalue weighted by atomic mass is 9.89. The number of aromatic nitrogens is 2. The predicted molar refractivity (Wildman–Crippen MR) is 72.8 cm³/mol. The summed E-state index contributed by atoms with van der Waals surface area (Å²) in [4.78, 5) is 19.4. The first-order chi connectivity index (χ1) is 9.16. The van der Waals surface area contributed by atoms with Crippen LogP contribution in [0.4, 0.5) is 0 Å². The molecule has 19 heavy (non-hydrogen) atoms. The van der Waals surface area contributed by atoms with Gasteiger partial charge in [0.25, 0.3) is 0 Å². The van der Waals surface area contributed by atoms with Gasteiger partial charge in [0.05, 0.1) is 18.1 Å². The molecule has 1 aromatic heterocycles. The maximum absolute atomic E-state index is 12.0. The molecule has 0 aromatic carbocycles. The Morgan fingerprint density at radius 3 is 3.26 bits per heavy atom. The molecule has 0 spiro atoms. The van der Waals surface area contributed by atoms with Crippen molar-refractivity contribution in [3.05, 3.63) is 17.7 Å². The van der Waals surface area contributed by atoms with E-state index in [0.29, 0.717) is 13.2 Å². The Hall–Kier alpha value is -1.36. The summed E-state index contributed by atoms with van der Waals surface area (Å²) in [7, 11) is 0. The second-order valence-corrected chi connectivity index (χ2v) is 5.33. The molecule has 1 aromatic rings. The molecule has 1 atom stereocenters. The zero-order chi connectivity index (χ0) is 13.7. The van der Waals surface area contributed by atoms with E-state index in [0.717, 1.165) is 37.1 Å². The van der Waals surface area contributed by atoms with Crippen LogP contribution in [0, 0.1) is 5.92 Å². The molecule has 0 unspecified atom stereocenters. The van der Waals surface area contributed by atoms with Crippen molar-refractivity contribution in [2.75, 3.05) is 13.2 Å². The van der Waals surface area contributed by atoms with Gasteiger partial charge in [-0.05, 0) is 33.1 Å². The fourth-order valence-corrected chi connectivity index (χ4v) is 2.37. The number of rotatable bonds is 6. The molecule has 1 aliphatic carbocycles. The summed E-state index contributed by atoms with van der Waals surface area (Å²) in [6.07, 6.45) is 5.41. The molecule has 0 saturated carbocycles. The number of aryl methyl sites for hydroxylation is 1. The number of carbonyl (C=O) groups is 1. The van der Waals surface area contributed by atoms with Gasteiger partial charge in [0.1, 0.15) is 0 Å². The van der Waals surface area contributed by atoms with Crippen LogP contribution in [0.25, 0.3) is 0 Å². The number of nitrogens with zero attached hydrogens (tertiary/aromatic N) is 1. The average molecular weight is 265 g/mol. The van der Waals surface area contributed by atoms with Gasteiger partial charge in [0.2, 0.25) is 5.91 Å². The summed E-state index contributed by atoms with van der Waals surface area (Å²) >= 11 is 0. The summed E-state index contributed by atoms with van der Waals surface area (Å²) in [6, 6.07) is 0. The smallest absolute Gasteiger partial charge is 0.223 e. The van der Waals surface area contributed by atoms with Gasteiger partial charge in [0, 0.05) is 31.2 Å². The minimum atomic E-state index is 0.0824. The van der Waals surface area contributed by atoms with Gasteiger partial charge in [0.15, 0.2) is 0 Å². The summed E-state index contributed by atoms with van der Waals surface area (Å²) in [5.41, 5.74) is 2.24. The van der Waals surface area contributed by atoms with Crippen LogP contribution in [-0.2, 0) is 22.4 Å². The van der Waals surface area contributed by atoms with Crippen molar-refractivity contribution in [1.82, 2.24) is 15.3 Å². The number of nitrogens with one attached hydrogen (secondary N) is 2. The summed E-state index contributed by atoms with van der Waals surface area (Å²) in [5.74, 6) is 0.240. The highest BCUT2D eigenvalue weighted by Crippen LogP contribution is 2.22. The quantitative estimate of drug-likeness (QED) is 0.765. The van der Waals surface area contributed by atoms with Crippen LogP contribution in [0.2, 0.25) is 0 Å². The number of aromatic amines is 1. The Bertz CT molecular complexity index is 415. The number of H-pyrrole nitrogens is 1. The molecular weight excluding hydrogens is 242 g/mol. The molecule has 2 rings (SSSR count). The number of imidazole rings is 1. The molecular formula is C14H23N3O2. The van der Waals surface area contributed by atoms with Gasteiger partial charge < -0.3 is 15.0 Å². The molecule has 5 nitrogen and oxygen atoms in total. The SMILES string of the molecule is CC(C)OCCCNC(=O)[C@H]1CCc2nc[nH]c2C1. The van der Waals surface area contributed by atoms with E-state index in [2.05, 4.69) is 15.3 Å². The Kier molecular flexibility index (Phi) is 4.96. The normalized spacial score (nSPS) is 18.4. The van der Waals surface area contributed by atoms with Crippen LogP contribution in [0.3, 0.4) is 0 Å². The third kappa shape index (κ3) is 4.06. The van der Waals surface area contributed by atoms with Crippen molar-refractivity contribution in [1.29, 1.82) is 0 Å². The standard InChI is InChI=1S/C14H23N3O2/c1-10(2)19-7-3-6-15-14(18)11-4-5-12-13(8-11)17-9-16-12/h9-11H,3-8H2,1-2H3,(H,15,18)(H,16,17)/t11-/m0/s1. The van der Waals surface area contributed by atoms with Gasteiger partial charge in [-0.25, -0.2) is 4.98 Å². The van der Waals surface area contributed by atoms with E-state index in [1.807, 2.05) is 13.8 Å². The van der Waals surface area contributed by atoms with Gasteiger partial charge in [-0.1, -0.05) is 0 Å². The van der Waals surface area contributed by atoms with E-state index in [1.165, 1.54) is 0 Å². The van der Waals surface area contributed by atoms with E-state index in [9.17, 15) is 4.79 Å². The van der Waals surface area contributed by atoms with Gasteiger partial charge in [-0.15, -0.1) is 0 Å². The highest BCUT2D eigenvalue weighted by atomic mass is 16.5. The minimum absolute atomic E-state index is 0.0824. The fraction of sp³-hybridized carbons (Fsp3) is 0.714. The molecule has 0 radical (unpaired) electrons. The Balaban J connectivity index is 1.67. The van der Waals surface area contributed by atoms with Gasteiger partial charge >= 0.3 is 0 Å². The molecule has 1 aliphatic rings. The third-order valence-electron chi connectivity index (χ3n) is 3.43. The Morgan fingerprint density at radius 1 is 1.63 bits per heavy atom. The van der Waals surface area contributed by atoms with E-state index < -0.39 is 0 Å². The number of hydrogen-bond donors (Lipinski definition) is 2. The van der Waals surface area contributed by atoms with E-state index in [-0.39, 0.29) is 17.9 Å². The van der Waals surface area contributed by atoms with E-state index in [4.69, 9.17) is 4.74 Å². The van der Waals surface area contributed by atoms with Gasteiger partial charge in [-0.2, -0.15) is 0 Å². The number of fused-ring (bicyclic) bond motifs is 1. The lowest BCUT2D eigenvalue weighted by Crippen LogP contribution is -2.35. The molecule has 0 fully saturated rings. The number of amides is 1. The zero-order valence-electron chi connectivity index (χ0n) is 11.7. The zero-order valence-corrected chi connectivity index (χ0v) is 11.7. The maximum atomic E-state index is 12.0. The average Bonchev–Trinajstić information content (AvgIpc) is 2.84. The third-order valence-corrected chi connectivity index (χ3v) is 3.43. The first-order valence-corrected chi connectivity index (χ1v) is 7.07. The van der Waals surface area contributed by atoms with Crippen molar-refractivity contribution in [3.8, 4) is 0 Å². The molecule has 0 aliphatic heterocycles. The minimum Gasteiger partial charge on any atom is -0.379 e. The summed E-state index contributed by atoms with van der Waals surface area (Å²) in [5, 5.41) is 3.00. The topological polar surface area (TPSA) is 67.0 Å². The van der Waals surface area contributed by atoms with Crippen LogP contribution >= 0.6 is 0 Å². The largest absolute Gasteiger partial charge is 0.379 e. The molecule has 0 bridgehead atoms. The molecule has 1 amide bonds. The number of hydrogen-bond acceptors (Lipinski definition) is 3. The lowest BCUT2D eigenvalue weighted by Gasteiger charge is -2.20. The van der Waals surface area contributed by atoms with Crippen LogP contribution in [0.5, 0.6) is 0 Å². The highest BCUT2D eigenvalue weighted by Gasteiger charge is 2.25.